The van der Waals surface area contributed by atoms with Crippen LogP contribution in [0.5, 0.6) is 0 Å². The minimum Gasteiger partial charge on any atom is -0.443 e. The molecular weight excluding hydrogens is 325 g/mol. The van der Waals surface area contributed by atoms with Crippen molar-refractivity contribution >= 4 is 27.1 Å². The van der Waals surface area contributed by atoms with Gasteiger partial charge in [0.25, 0.3) is 10.1 Å². The number of hydrogen-bond acceptors (Lipinski definition) is 5. The van der Waals surface area contributed by atoms with E-state index in [9.17, 15) is 17.6 Å². The van der Waals surface area contributed by atoms with Gasteiger partial charge >= 0.3 is 6.09 Å². The van der Waals surface area contributed by atoms with E-state index >= 15 is 0 Å². The second-order valence-electron chi connectivity index (χ2n) is 6.12. The Morgan fingerprint density at radius 1 is 1.26 bits per heavy atom. The average Bonchev–Trinajstić information content (AvgIpc) is 2.70. The summed E-state index contributed by atoms with van der Waals surface area (Å²) in [6, 6.07) is 5.39. The average molecular weight is 343 g/mol. The molecule has 1 aromatic carbocycles. The van der Waals surface area contributed by atoms with E-state index in [1.165, 1.54) is 28.8 Å². The first-order chi connectivity index (χ1) is 10.5. The molecule has 0 aliphatic carbocycles. The van der Waals surface area contributed by atoms with E-state index in [1.54, 1.807) is 20.8 Å². The highest BCUT2D eigenvalue weighted by Gasteiger charge is 2.23. The predicted molar refractivity (Wildman–Crippen MR) is 83.2 cm³/mol. The summed E-state index contributed by atoms with van der Waals surface area (Å²) in [7, 11) is -3.69. The molecule has 0 spiro atoms. The molecular formula is C15H18FNO5S. The number of carbonyl (C=O) groups excluding carboxylic acids is 1. The van der Waals surface area contributed by atoms with Crippen LogP contribution in [0.25, 0.3) is 10.9 Å². The van der Waals surface area contributed by atoms with Crippen molar-refractivity contribution in [3.63, 3.8) is 0 Å². The first-order valence-corrected chi connectivity index (χ1v) is 8.65. The Labute approximate surface area is 133 Å². The van der Waals surface area contributed by atoms with E-state index in [1.807, 2.05) is 0 Å². The zero-order valence-electron chi connectivity index (χ0n) is 13.3. The van der Waals surface area contributed by atoms with Crippen molar-refractivity contribution in [1.82, 2.24) is 4.57 Å². The Balaban J connectivity index is 2.51. The van der Waals surface area contributed by atoms with Gasteiger partial charge in [0.05, 0.1) is 17.5 Å². The molecule has 0 aliphatic heterocycles. The molecule has 0 unspecified atom stereocenters. The lowest BCUT2D eigenvalue weighted by molar-refractivity contribution is 0.0535. The van der Waals surface area contributed by atoms with Crippen LogP contribution >= 0.6 is 0 Å². The molecule has 126 valence electrons. The number of ether oxygens (including phenoxy) is 1. The molecule has 23 heavy (non-hydrogen) atoms. The predicted octanol–water partition coefficient (Wildman–Crippen LogP) is 3.04. The Hall–Kier alpha value is -1.93. The van der Waals surface area contributed by atoms with Gasteiger partial charge in [-0.25, -0.2) is 13.8 Å². The van der Waals surface area contributed by atoms with Crippen LogP contribution in [-0.2, 0) is 25.6 Å². The molecule has 0 radical (unpaired) electrons. The first kappa shape index (κ1) is 17.4. The van der Waals surface area contributed by atoms with Gasteiger partial charge < -0.3 is 4.74 Å². The van der Waals surface area contributed by atoms with Crippen molar-refractivity contribution in [3.8, 4) is 0 Å². The van der Waals surface area contributed by atoms with E-state index in [4.69, 9.17) is 8.92 Å². The van der Waals surface area contributed by atoms with E-state index in [0.717, 1.165) is 6.26 Å². The van der Waals surface area contributed by atoms with Crippen molar-refractivity contribution in [2.75, 3.05) is 6.26 Å². The van der Waals surface area contributed by atoms with Gasteiger partial charge in [-0.1, -0.05) is 0 Å². The second-order valence-corrected chi connectivity index (χ2v) is 7.76. The van der Waals surface area contributed by atoms with Gasteiger partial charge in [-0.3, -0.25) is 4.18 Å². The maximum atomic E-state index is 13.4. The first-order valence-electron chi connectivity index (χ1n) is 6.84. The minimum absolute atomic E-state index is 0.255. The van der Waals surface area contributed by atoms with Crippen LogP contribution in [0, 0.1) is 5.82 Å². The van der Waals surface area contributed by atoms with E-state index < -0.39 is 27.6 Å². The highest BCUT2D eigenvalue weighted by Crippen LogP contribution is 2.23. The zero-order valence-corrected chi connectivity index (χ0v) is 14.1. The van der Waals surface area contributed by atoms with Gasteiger partial charge in [0.1, 0.15) is 18.0 Å². The molecule has 2 rings (SSSR count). The summed E-state index contributed by atoms with van der Waals surface area (Å²) in [6.45, 7) is 4.78. The monoisotopic (exact) mass is 343 g/mol. The van der Waals surface area contributed by atoms with Crippen molar-refractivity contribution < 1.29 is 26.5 Å². The number of aromatic nitrogens is 1. The highest BCUT2D eigenvalue weighted by molar-refractivity contribution is 7.85. The van der Waals surface area contributed by atoms with Gasteiger partial charge in [0.2, 0.25) is 0 Å². The van der Waals surface area contributed by atoms with Crippen LogP contribution in [0.1, 0.15) is 26.5 Å². The van der Waals surface area contributed by atoms with E-state index in [0.29, 0.717) is 10.9 Å². The summed E-state index contributed by atoms with van der Waals surface area (Å²) < 4.78 is 47.0. The SMILES string of the molecule is CC(C)(C)OC(=O)n1c(COS(C)(=O)=O)cc2cc(F)ccc21. The molecule has 1 heterocycles. The maximum Gasteiger partial charge on any atom is 0.419 e. The smallest absolute Gasteiger partial charge is 0.419 e. The molecule has 0 N–H and O–H groups in total. The van der Waals surface area contributed by atoms with Crippen LogP contribution in [0.3, 0.4) is 0 Å². The minimum atomic E-state index is -3.69. The lowest BCUT2D eigenvalue weighted by Crippen LogP contribution is -2.28. The van der Waals surface area contributed by atoms with E-state index in [-0.39, 0.29) is 12.3 Å². The van der Waals surface area contributed by atoms with Crippen LogP contribution in [0.15, 0.2) is 24.3 Å². The standard InChI is InChI=1S/C15H18FNO5S/c1-15(2,3)22-14(18)17-12(9-21-23(4,19)20)8-10-7-11(16)5-6-13(10)17/h5-8H,9H2,1-4H3. The number of benzene rings is 1. The fourth-order valence-electron chi connectivity index (χ4n) is 2.04. The third-order valence-corrected chi connectivity index (χ3v) is 3.38. The number of carbonyl (C=O) groups is 1. The third kappa shape index (κ3) is 4.52. The summed E-state index contributed by atoms with van der Waals surface area (Å²) in [6.07, 6.45) is 0.221. The quantitative estimate of drug-likeness (QED) is 0.801. The summed E-state index contributed by atoms with van der Waals surface area (Å²) in [5.41, 5.74) is -0.0686. The topological polar surface area (TPSA) is 74.6 Å². The molecule has 0 saturated heterocycles. The Morgan fingerprint density at radius 3 is 2.48 bits per heavy atom. The molecule has 0 atom stereocenters. The molecule has 0 bridgehead atoms. The van der Waals surface area contributed by atoms with Crippen molar-refractivity contribution in [2.45, 2.75) is 33.0 Å². The normalized spacial score (nSPS) is 12.6. The number of hydrogen-bond donors (Lipinski definition) is 0. The lowest BCUT2D eigenvalue weighted by atomic mass is 10.2. The Morgan fingerprint density at radius 2 is 1.91 bits per heavy atom. The molecule has 2 aromatic rings. The number of fused-ring (bicyclic) bond motifs is 1. The van der Waals surface area contributed by atoms with Crippen LogP contribution < -0.4 is 0 Å². The Bertz CT molecular complexity index is 849. The fourth-order valence-corrected chi connectivity index (χ4v) is 2.38. The van der Waals surface area contributed by atoms with Gasteiger partial charge in [-0.15, -0.1) is 0 Å². The number of nitrogens with zero attached hydrogens (tertiary/aromatic N) is 1. The molecule has 8 heteroatoms. The third-order valence-electron chi connectivity index (χ3n) is 2.84. The van der Waals surface area contributed by atoms with Gasteiger partial charge in [-0.05, 0) is 45.0 Å². The summed E-state index contributed by atoms with van der Waals surface area (Å²) >= 11 is 0. The molecule has 0 amide bonds. The van der Waals surface area contributed by atoms with Crippen LogP contribution in [0.2, 0.25) is 0 Å². The largest absolute Gasteiger partial charge is 0.443 e. The molecule has 6 nitrogen and oxygen atoms in total. The van der Waals surface area contributed by atoms with Crippen LogP contribution in [-0.4, -0.2) is 30.9 Å². The summed E-state index contributed by atoms with van der Waals surface area (Å²) in [4.78, 5) is 12.4. The molecule has 0 fully saturated rings. The lowest BCUT2D eigenvalue weighted by Gasteiger charge is -2.20. The maximum absolute atomic E-state index is 13.4. The van der Waals surface area contributed by atoms with Crippen LogP contribution in [0.4, 0.5) is 9.18 Å². The highest BCUT2D eigenvalue weighted by atomic mass is 32.2. The zero-order chi connectivity index (χ0) is 17.4. The van der Waals surface area contributed by atoms with Crippen molar-refractivity contribution in [1.29, 1.82) is 0 Å². The number of halogens is 1. The molecule has 0 aliphatic rings. The van der Waals surface area contributed by atoms with Crippen molar-refractivity contribution in [2.24, 2.45) is 0 Å². The molecule has 1 aromatic heterocycles. The number of rotatable bonds is 3. The van der Waals surface area contributed by atoms with Gasteiger partial charge in [-0.2, -0.15) is 8.42 Å². The van der Waals surface area contributed by atoms with Gasteiger partial charge in [0.15, 0.2) is 0 Å². The Kier molecular flexibility index (Phi) is 4.50. The summed E-state index contributed by atoms with van der Waals surface area (Å²) in [5, 5.41) is 0.447. The summed E-state index contributed by atoms with van der Waals surface area (Å²) in [5.74, 6) is -0.463. The molecule has 0 saturated carbocycles. The second kappa shape index (κ2) is 5.93. The van der Waals surface area contributed by atoms with Gasteiger partial charge in [0, 0.05) is 5.39 Å². The van der Waals surface area contributed by atoms with E-state index in [2.05, 4.69) is 0 Å². The fraction of sp³-hybridized carbons (Fsp3) is 0.400. The van der Waals surface area contributed by atoms with Crippen molar-refractivity contribution in [3.05, 3.63) is 35.8 Å².